The van der Waals surface area contributed by atoms with E-state index < -0.39 is 0 Å². The van der Waals surface area contributed by atoms with Crippen LogP contribution in [0.2, 0.25) is 0 Å². The first-order valence-electron chi connectivity index (χ1n) is 3.67. The molecule has 0 spiro atoms. The van der Waals surface area contributed by atoms with Crippen LogP contribution in [0.5, 0.6) is 0 Å². The molecular formula is C8H8BrIN4. The average Bonchev–Trinajstić information content (AvgIpc) is 2.09. The molecule has 0 saturated carbocycles. The molecular weight excluding hydrogens is 359 g/mol. The molecule has 1 aromatic carbocycles. The molecule has 0 atom stereocenters. The minimum absolute atomic E-state index is 0.0525. The lowest BCUT2D eigenvalue weighted by Gasteiger charge is -1.99. The average molecular weight is 367 g/mol. The van der Waals surface area contributed by atoms with E-state index in [0.717, 1.165) is 13.6 Å². The van der Waals surface area contributed by atoms with Gasteiger partial charge >= 0.3 is 0 Å². The molecule has 0 aliphatic heterocycles. The number of benzene rings is 1. The van der Waals surface area contributed by atoms with E-state index in [1.54, 1.807) is 6.21 Å². The fourth-order valence-corrected chi connectivity index (χ4v) is 2.26. The van der Waals surface area contributed by atoms with E-state index in [1.165, 1.54) is 0 Å². The van der Waals surface area contributed by atoms with Crippen LogP contribution in [0.25, 0.3) is 0 Å². The van der Waals surface area contributed by atoms with Crippen LogP contribution in [0.15, 0.2) is 32.9 Å². The highest BCUT2D eigenvalue weighted by Gasteiger charge is 2.00. The molecule has 1 rings (SSSR count). The molecule has 0 unspecified atom stereocenters. The highest BCUT2D eigenvalue weighted by Crippen LogP contribution is 2.20. The predicted molar refractivity (Wildman–Crippen MR) is 70.3 cm³/mol. The summed E-state index contributed by atoms with van der Waals surface area (Å²) in [7, 11) is 0. The lowest BCUT2D eigenvalue weighted by atomic mass is 10.2. The first-order chi connectivity index (χ1) is 6.61. The van der Waals surface area contributed by atoms with Gasteiger partial charge in [0.05, 0.1) is 6.21 Å². The number of rotatable bonds is 2. The van der Waals surface area contributed by atoms with Crippen molar-refractivity contribution in [2.45, 2.75) is 0 Å². The molecule has 0 bridgehead atoms. The summed E-state index contributed by atoms with van der Waals surface area (Å²) in [5.41, 5.74) is 11.2. The maximum absolute atomic E-state index is 5.13. The second-order valence-corrected chi connectivity index (χ2v) is 4.42. The Kier molecular flexibility index (Phi) is 4.33. The third kappa shape index (κ3) is 3.26. The normalized spacial score (nSPS) is 10.4. The minimum Gasteiger partial charge on any atom is -0.369 e. The maximum Gasteiger partial charge on any atom is 0.211 e. The van der Waals surface area contributed by atoms with Gasteiger partial charge in [0.1, 0.15) is 0 Å². The minimum atomic E-state index is -0.0525. The van der Waals surface area contributed by atoms with Gasteiger partial charge in [-0.3, -0.25) is 0 Å². The lowest BCUT2D eigenvalue weighted by Crippen LogP contribution is -2.21. The van der Waals surface area contributed by atoms with Crippen molar-refractivity contribution in [1.29, 1.82) is 0 Å². The van der Waals surface area contributed by atoms with E-state index in [2.05, 4.69) is 48.7 Å². The number of halogens is 2. The van der Waals surface area contributed by atoms with Gasteiger partial charge in [-0.15, -0.1) is 5.10 Å². The first kappa shape index (κ1) is 11.4. The van der Waals surface area contributed by atoms with Crippen LogP contribution in [-0.4, -0.2) is 12.2 Å². The molecule has 0 aliphatic carbocycles. The Hall–Kier alpha value is -0.630. The summed E-state index contributed by atoms with van der Waals surface area (Å²) < 4.78 is 2.03. The molecule has 0 radical (unpaired) electrons. The monoisotopic (exact) mass is 366 g/mol. The van der Waals surface area contributed by atoms with Gasteiger partial charge in [-0.05, 0) is 34.7 Å². The number of hydrogen-bond donors (Lipinski definition) is 2. The Labute approximate surface area is 104 Å². The summed E-state index contributed by atoms with van der Waals surface area (Å²) in [4.78, 5) is 0. The highest BCUT2D eigenvalue weighted by molar-refractivity contribution is 14.1. The summed E-state index contributed by atoms with van der Waals surface area (Å²) in [5.74, 6) is -0.0525. The zero-order valence-electron chi connectivity index (χ0n) is 7.11. The van der Waals surface area contributed by atoms with Gasteiger partial charge in [0.2, 0.25) is 5.96 Å². The van der Waals surface area contributed by atoms with Crippen molar-refractivity contribution < 1.29 is 0 Å². The van der Waals surface area contributed by atoms with Crippen molar-refractivity contribution in [1.82, 2.24) is 0 Å². The molecule has 4 N–H and O–H groups in total. The predicted octanol–water partition coefficient (Wildman–Crippen LogP) is 1.66. The van der Waals surface area contributed by atoms with Crippen molar-refractivity contribution >= 4 is 50.7 Å². The molecule has 4 nitrogen and oxygen atoms in total. The molecule has 1 aromatic rings. The summed E-state index contributed by atoms with van der Waals surface area (Å²) in [6.45, 7) is 0. The van der Waals surface area contributed by atoms with Gasteiger partial charge in [-0.2, -0.15) is 5.10 Å². The molecule has 0 heterocycles. The van der Waals surface area contributed by atoms with Crippen LogP contribution in [-0.2, 0) is 0 Å². The zero-order valence-corrected chi connectivity index (χ0v) is 10.9. The van der Waals surface area contributed by atoms with Crippen LogP contribution in [0.4, 0.5) is 0 Å². The van der Waals surface area contributed by atoms with Crippen molar-refractivity contribution in [3.8, 4) is 0 Å². The van der Waals surface area contributed by atoms with Gasteiger partial charge in [0.15, 0.2) is 0 Å². The number of nitrogens with zero attached hydrogens (tertiary/aromatic N) is 2. The Morgan fingerprint density at radius 2 is 2.14 bits per heavy atom. The smallest absolute Gasteiger partial charge is 0.211 e. The second kappa shape index (κ2) is 5.30. The van der Waals surface area contributed by atoms with Crippen LogP contribution in [0, 0.1) is 3.57 Å². The van der Waals surface area contributed by atoms with Crippen LogP contribution in [0.3, 0.4) is 0 Å². The van der Waals surface area contributed by atoms with Crippen LogP contribution < -0.4 is 11.5 Å². The van der Waals surface area contributed by atoms with E-state index in [9.17, 15) is 0 Å². The van der Waals surface area contributed by atoms with E-state index in [-0.39, 0.29) is 5.96 Å². The SMILES string of the molecule is NC(N)=NN=Cc1c(Br)cccc1I. The Morgan fingerprint density at radius 1 is 1.43 bits per heavy atom. The quantitative estimate of drug-likeness (QED) is 0.361. The number of guanidine groups is 1. The highest BCUT2D eigenvalue weighted by atomic mass is 127. The van der Waals surface area contributed by atoms with Gasteiger partial charge in [0, 0.05) is 13.6 Å². The lowest BCUT2D eigenvalue weighted by molar-refractivity contribution is 1.21. The third-order valence-electron chi connectivity index (χ3n) is 1.36. The number of nitrogens with two attached hydrogens (primary N) is 2. The van der Waals surface area contributed by atoms with E-state index in [0.29, 0.717) is 0 Å². The zero-order chi connectivity index (χ0) is 10.6. The summed E-state index contributed by atoms with van der Waals surface area (Å²) in [5, 5.41) is 7.26. The fraction of sp³-hybridized carbons (Fsp3) is 0. The first-order valence-corrected chi connectivity index (χ1v) is 5.54. The van der Waals surface area contributed by atoms with Gasteiger partial charge in [0.25, 0.3) is 0 Å². The summed E-state index contributed by atoms with van der Waals surface area (Å²) >= 11 is 5.62. The molecule has 0 aliphatic rings. The largest absolute Gasteiger partial charge is 0.369 e. The molecule has 74 valence electrons. The Morgan fingerprint density at radius 3 is 2.71 bits per heavy atom. The standard InChI is InChI=1S/C8H8BrIN4/c9-6-2-1-3-7(10)5(6)4-13-14-8(11)12/h1-4H,(H4,11,12,14). The summed E-state index contributed by atoms with van der Waals surface area (Å²) in [6, 6.07) is 5.85. The Bertz CT molecular complexity index is 365. The van der Waals surface area contributed by atoms with Gasteiger partial charge < -0.3 is 11.5 Å². The van der Waals surface area contributed by atoms with E-state index >= 15 is 0 Å². The van der Waals surface area contributed by atoms with Crippen molar-refractivity contribution in [2.24, 2.45) is 21.7 Å². The maximum atomic E-state index is 5.13. The van der Waals surface area contributed by atoms with Gasteiger partial charge in [-0.25, -0.2) is 0 Å². The fourth-order valence-electron chi connectivity index (χ4n) is 0.787. The van der Waals surface area contributed by atoms with E-state index in [1.807, 2.05) is 18.2 Å². The molecule has 14 heavy (non-hydrogen) atoms. The molecule has 0 fully saturated rings. The van der Waals surface area contributed by atoms with E-state index in [4.69, 9.17) is 11.5 Å². The van der Waals surface area contributed by atoms with Crippen molar-refractivity contribution in [3.05, 3.63) is 31.8 Å². The topological polar surface area (TPSA) is 76.8 Å². The molecule has 0 saturated heterocycles. The summed E-state index contributed by atoms with van der Waals surface area (Å²) in [6.07, 6.45) is 1.60. The molecule has 0 amide bonds. The van der Waals surface area contributed by atoms with Crippen LogP contribution >= 0.6 is 38.5 Å². The second-order valence-electron chi connectivity index (χ2n) is 2.40. The molecule has 6 heteroatoms. The Balaban J connectivity index is 2.97. The van der Waals surface area contributed by atoms with Crippen molar-refractivity contribution in [3.63, 3.8) is 0 Å². The molecule has 0 aromatic heterocycles. The van der Waals surface area contributed by atoms with Gasteiger partial charge in [-0.1, -0.05) is 22.0 Å². The third-order valence-corrected chi connectivity index (χ3v) is 2.99. The van der Waals surface area contributed by atoms with Crippen LogP contribution in [0.1, 0.15) is 5.56 Å². The van der Waals surface area contributed by atoms with Crippen molar-refractivity contribution in [2.75, 3.05) is 0 Å². The number of hydrogen-bond acceptors (Lipinski definition) is 2.